The third-order valence-electron chi connectivity index (χ3n) is 4.34. The molecule has 0 spiro atoms. The predicted molar refractivity (Wildman–Crippen MR) is 79.1 cm³/mol. The molecule has 2 unspecified atom stereocenters. The number of hydrogen-bond donors (Lipinski definition) is 1. The average Bonchev–Trinajstić information content (AvgIpc) is 2.97. The van der Waals surface area contributed by atoms with Gasteiger partial charge in [0, 0.05) is 23.2 Å². The number of carbonyl (C=O) groups excluding carboxylic acids is 1. The van der Waals surface area contributed by atoms with Crippen molar-refractivity contribution in [2.24, 2.45) is 5.92 Å². The topological polar surface area (TPSA) is 41.6 Å². The lowest BCUT2D eigenvalue weighted by Gasteiger charge is -2.43. The van der Waals surface area contributed by atoms with Gasteiger partial charge in [0.15, 0.2) is 0 Å². The number of benzene rings is 1. The molecule has 108 valence electrons. The molecule has 2 aliphatic rings. The van der Waals surface area contributed by atoms with E-state index in [1.165, 1.54) is 0 Å². The molecule has 2 aliphatic heterocycles. The maximum atomic E-state index is 12.2. The molecule has 0 bridgehead atoms. The fourth-order valence-corrected chi connectivity index (χ4v) is 3.24. The Morgan fingerprint density at radius 1 is 1.50 bits per heavy atom. The Labute approximate surface area is 124 Å². The van der Waals surface area contributed by atoms with Gasteiger partial charge in [0.25, 0.3) is 5.91 Å². The number of rotatable bonds is 2. The molecule has 1 aromatic rings. The summed E-state index contributed by atoms with van der Waals surface area (Å²) in [6.07, 6.45) is 1.09. The molecule has 2 heterocycles. The second kappa shape index (κ2) is 5.35. The van der Waals surface area contributed by atoms with E-state index in [1.807, 2.05) is 24.3 Å². The summed E-state index contributed by atoms with van der Waals surface area (Å²) in [5.41, 5.74) is 0.558. The zero-order valence-corrected chi connectivity index (χ0v) is 12.3. The van der Waals surface area contributed by atoms with Crippen molar-refractivity contribution in [1.29, 1.82) is 0 Å². The van der Waals surface area contributed by atoms with Crippen LogP contribution in [0.25, 0.3) is 0 Å². The highest BCUT2D eigenvalue weighted by Crippen LogP contribution is 2.33. The van der Waals surface area contributed by atoms with Crippen LogP contribution >= 0.6 is 11.6 Å². The first kappa shape index (κ1) is 13.9. The number of nitrogens with one attached hydrogen (secondary N) is 1. The lowest BCUT2D eigenvalue weighted by atomic mass is 9.86. The van der Waals surface area contributed by atoms with Crippen molar-refractivity contribution in [3.05, 3.63) is 29.3 Å². The fourth-order valence-electron chi connectivity index (χ4n) is 3.05. The molecule has 5 heteroatoms. The fraction of sp³-hybridized carbons (Fsp3) is 0.533. The van der Waals surface area contributed by atoms with E-state index in [1.54, 1.807) is 4.90 Å². The predicted octanol–water partition coefficient (Wildman–Crippen LogP) is 2.07. The Balaban J connectivity index is 1.84. The van der Waals surface area contributed by atoms with Gasteiger partial charge in [0.1, 0.15) is 6.61 Å². The minimum absolute atomic E-state index is 0.00398. The van der Waals surface area contributed by atoms with E-state index < -0.39 is 0 Å². The zero-order valence-electron chi connectivity index (χ0n) is 11.6. The van der Waals surface area contributed by atoms with Crippen LogP contribution in [0.3, 0.4) is 0 Å². The lowest BCUT2D eigenvalue weighted by Crippen LogP contribution is -2.57. The summed E-state index contributed by atoms with van der Waals surface area (Å²) >= 11 is 6.03. The molecule has 0 saturated carbocycles. The number of anilines is 1. The second-order valence-corrected chi connectivity index (χ2v) is 6.19. The molecule has 20 heavy (non-hydrogen) atoms. The highest BCUT2D eigenvalue weighted by atomic mass is 35.5. The molecule has 2 saturated heterocycles. The van der Waals surface area contributed by atoms with Crippen LogP contribution in [-0.2, 0) is 9.53 Å². The molecule has 0 radical (unpaired) electrons. The Morgan fingerprint density at radius 3 is 3.05 bits per heavy atom. The summed E-state index contributed by atoms with van der Waals surface area (Å²) < 4.78 is 5.88. The van der Waals surface area contributed by atoms with Crippen LogP contribution in [0.1, 0.15) is 13.3 Å². The van der Waals surface area contributed by atoms with Crippen LogP contribution in [0.15, 0.2) is 24.3 Å². The summed E-state index contributed by atoms with van der Waals surface area (Å²) in [6, 6.07) is 7.44. The van der Waals surface area contributed by atoms with E-state index in [-0.39, 0.29) is 18.1 Å². The highest BCUT2D eigenvalue weighted by Gasteiger charge is 2.43. The van der Waals surface area contributed by atoms with Gasteiger partial charge in [-0.2, -0.15) is 0 Å². The van der Waals surface area contributed by atoms with Crippen molar-refractivity contribution < 1.29 is 9.53 Å². The zero-order chi connectivity index (χ0) is 14.2. The molecular weight excluding hydrogens is 276 g/mol. The van der Waals surface area contributed by atoms with E-state index >= 15 is 0 Å². The molecule has 4 nitrogen and oxygen atoms in total. The Bertz CT molecular complexity index is 516. The summed E-state index contributed by atoms with van der Waals surface area (Å²) in [5.74, 6) is 0.438. The number of nitrogens with zero attached hydrogens (tertiary/aromatic N) is 1. The minimum Gasteiger partial charge on any atom is -0.363 e. The SMILES string of the molecule is CC1(C2CCNC2)CN(c2cccc(Cl)c2)C(=O)CO1. The van der Waals surface area contributed by atoms with Crippen LogP contribution in [0.4, 0.5) is 5.69 Å². The summed E-state index contributed by atoms with van der Waals surface area (Å²) in [6.45, 7) is 4.80. The van der Waals surface area contributed by atoms with Crippen LogP contribution in [0.5, 0.6) is 0 Å². The maximum absolute atomic E-state index is 12.2. The van der Waals surface area contributed by atoms with Gasteiger partial charge in [0.2, 0.25) is 0 Å². The van der Waals surface area contributed by atoms with Crippen molar-refractivity contribution in [3.63, 3.8) is 0 Å². The van der Waals surface area contributed by atoms with Gasteiger partial charge < -0.3 is 15.0 Å². The second-order valence-electron chi connectivity index (χ2n) is 5.75. The van der Waals surface area contributed by atoms with Crippen molar-refractivity contribution >= 4 is 23.2 Å². The number of amides is 1. The van der Waals surface area contributed by atoms with Gasteiger partial charge in [-0.25, -0.2) is 0 Å². The molecule has 1 N–H and O–H groups in total. The third kappa shape index (κ3) is 2.55. The summed E-state index contributed by atoms with van der Waals surface area (Å²) in [7, 11) is 0. The first-order chi connectivity index (χ1) is 9.58. The Morgan fingerprint density at radius 2 is 2.35 bits per heavy atom. The molecule has 2 fully saturated rings. The van der Waals surface area contributed by atoms with Gasteiger partial charge in [-0.1, -0.05) is 17.7 Å². The van der Waals surface area contributed by atoms with E-state index in [0.29, 0.717) is 17.5 Å². The molecule has 2 atom stereocenters. The van der Waals surface area contributed by atoms with Gasteiger partial charge in [-0.15, -0.1) is 0 Å². The lowest BCUT2D eigenvalue weighted by molar-refractivity contribution is -0.142. The van der Waals surface area contributed by atoms with Gasteiger partial charge in [-0.3, -0.25) is 4.79 Å². The summed E-state index contributed by atoms with van der Waals surface area (Å²) in [4.78, 5) is 14.0. The van der Waals surface area contributed by atoms with Crippen molar-refractivity contribution in [2.45, 2.75) is 18.9 Å². The van der Waals surface area contributed by atoms with Crippen molar-refractivity contribution in [3.8, 4) is 0 Å². The maximum Gasteiger partial charge on any atom is 0.253 e. The van der Waals surface area contributed by atoms with Crippen LogP contribution in [-0.4, -0.2) is 37.7 Å². The standard InChI is InChI=1S/C15H19ClN2O2/c1-15(11-5-6-17-8-11)10-18(14(19)9-20-15)13-4-2-3-12(16)7-13/h2-4,7,11,17H,5-6,8-10H2,1H3. The number of morpholine rings is 1. The molecule has 0 aliphatic carbocycles. The number of ether oxygens (including phenoxy) is 1. The van der Waals surface area contributed by atoms with Gasteiger partial charge >= 0.3 is 0 Å². The molecular formula is C15H19ClN2O2. The average molecular weight is 295 g/mol. The Kier molecular flexibility index (Phi) is 3.71. The van der Waals surface area contributed by atoms with Crippen LogP contribution in [0.2, 0.25) is 5.02 Å². The van der Waals surface area contributed by atoms with Gasteiger partial charge in [-0.05, 0) is 38.1 Å². The smallest absolute Gasteiger partial charge is 0.253 e. The van der Waals surface area contributed by atoms with E-state index in [0.717, 1.165) is 25.2 Å². The molecule has 3 rings (SSSR count). The molecule has 1 aromatic carbocycles. The third-order valence-corrected chi connectivity index (χ3v) is 4.58. The van der Waals surface area contributed by atoms with E-state index in [9.17, 15) is 4.79 Å². The minimum atomic E-state index is -0.292. The van der Waals surface area contributed by atoms with Crippen molar-refractivity contribution in [1.82, 2.24) is 5.32 Å². The first-order valence-electron chi connectivity index (χ1n) is 6.99. The number of halogens is 1. The van der Waals surface area contributed by atoms with Crippen LogP contribution < -0.4 is 10.2 Å². The Hall–Kier alpha value is -1.10. The molecule has 0 aromatic heterocycles. The molecule has 1 amide bonds. The van der Waals surface area contributed by atoms with E-state index in [2.05, 4.69) is 12.2 Å². The van der Waals surface area contributed by atoms with Crippen LogP contribution in [0, 0.1) is 5.92 Å². The largest absolute Gasteiger partial charge is 0.363 e. The number of carbonyl (C=O) groups is 1. The quantitative estimate of drug-likeness (QED) is 0.908. The normalized spacial score (nSPS) is 30.8. The van der Waals surface area contributed by atoms with Crippen molar-refractivity contribution in [2.75, 3.05) is 31.1 Å². The highest BCUT2D eigenvalue weighted by molar-refractivity contribution is 6.30. The monoisotopic (exact) mass is 294 g/mol. The van der Waals surface area contributed by atoms with E-state index in [4.69, 9.17) is 16.3 Å². The van der Waals surface area contributed by atoms with Gasteiger partial charge in [0.05, 0.1) is 12.1 Å². The summed E-state index contributed by atoms with van der Waals surface area (Å²) in [5, 5.41) is 4.01. The first-order valence-corrected chi connectivity index (χ1v) is 7.37. The number of hydrogen-bond acceptors (Lipinski definition) is 3.